The SMILES string of the molecule is C[C@@H]1CCCC[C@@H]1NC(=O)CN1CCN(S(=O)(=O)c2cccc(Cl)c2)CC1. The normalized spacial score (nSPS) is 25.3. The number of piperazine rings is 1. The monoisotopic (exact) mass is 413 g/mol. The lowest BCUT2D eigenvalue weighted by molar-refractivity contribution is -0.123. The second kappa shape index (κ2) is 8.90. The van der Waals surface area contributed by atoms with Crippen LogP contribution in [0, 0.1) is 5.92 Å². The van der Waals surface area contributed by atoms with Crippen molar-refractivity contribution < 1.29 is 13.2 Å². The zero-order valence-corrected chi connectivity index (χ0v) is 17.3. The number of hydrogen-bond donors (Lipinski definition) is 1. The van der Waals surface area contributed by atoms with Crippen LogP contribution in [-0.4, -0.2) is 62.3 Å². The van der Waals surface area contributed by atoms with Crippen LogP contribution >= 0.6 is 11.6 Å². The summed E-state index contributed by atoms with van der Waals surface area (Å²) in [5.41, 5.74) is 0. The van der Waals surface area contributed by atoms with Crippen LogP contribution in [0.15, 0.2) is 29.2 Å². The molecule has 1 aromatic carbocycles. The van der Waals surface area contributed by atoms with E-state index < -0.39 is 10.0 Å². The first kappa shape index (κ1) is 20.6. The van der Waals surface area contributed by atoms with E-state index in [9.17, 15) is 13.2 Å². The molecule has 1 saturated carbocycles. The maximum Gasteiger partial charge on any atom is 0.243 e. The van der Waals surface area contributed by atoms with Crippen LogP contribution in [0.1, 0.15) is 32.6 Å². The van der Waals surface area contributed by atoms with E-state index >= 15 is 0 Å². The summed E-state index contributed by atoms with van der Waals surface area (Å²) in [5, 5.41) is 3.57. The minimum atomic E-state index is -3.54. The molecule has 8 heteroatoms. The molecule has 1 heterocycles. The quantitative estimate of drug-likeness (QED) is 0.804. The van der Waals surface area contributed by atoms with Crippen LogP contribution in [0.3, 0.4) is 0 Å². The van der Waals surface area contributed by atoms with Gasteiger partial charge in [-0.15, -0.1) is 0 Å². The Morgan fingerprint density at radius 2 is 1.89 bits per heavy atom. The second-order valence-corrected chi connectivity index (χ2v) is 9.95. The molecule has 0 radical (unpaired) electrons. The first-order valence-corrected chi connectivity index (χ1v) is 11.5. The van der Waals surface area contributed by atoms with Gasteiger partial charge in [0.1, 0.15) is 0 Å². The van der Waals surface area contributed by atoms with Gasteiger partial charge in [-0.2, -0.15) is 4.31 Å². The fourth-order valence-electron chi connectivity index (χ4n) is 3.89. The topological polar surface area (TPSA) is 69.7 Å². The molecule has 27 heavy (non-hydrogen) atoms. The average molecular weight is 414 g/mol. The molecular weight excluding hydrogens is 386 g/mol. The van der Waals surface area contributed by atoms with Crippen molar-refractivity contribution in [3.8, 4) is 0 Å². The lowest BCUT2D eigenvalue weighted by atomic mass is 9.86. The average Bonchev–Trinajstić information content (AvgIpc) is 2.64. The minimum absolute atomic E-state index is 0.0416. The number of carbonyl (C=O) groups is 1. The van der Waals surface area contributed by atoms with Gasteiger partial charge in [-0.3, -0.25) is 9.69 Å². The van der Waals surface area contributed by atoms with Gasteiger partial charge in [0.25, 0.3) is 0 Å². The van der Waals surface area contributed by atoms with E-state index in [1.165, 1.54) is 29.6 Å². The number of rotatable bonds is 5. The molecule has 1 amide bonds. The summed E-state index contributed by atoms with van der Waals surface area (Å²) in [6, 6.07) is 6.61. The Morgan fingerprint density at radius 3 is 2.56 bits per heavy atom. The standard InChI is InChI=1S/C19H28ClN3O3S/c1-15-5-2-3-8-18(15)21-19(24)14-22-9-11-23(12-10-22)27(25,26)17-7-4-6-16(20)13-17/h4,6-7,13,15,18H,2-3,5,8-12,14H2,1H3,(H,21,24)/t15-,18+/m1/s1. The molecule has 1 N–H and O–H groups in total. The fraction of sp³-hybridized carbons (Fsp3) is 0.632. The largest absolute Gasteiger partial charge is 0.352 e. The van der Waals surface area contributed by atoms with Crippen LogP contribution in [0.5, 0.6) is 0 Å². The Bertz CT molecular complexity index is 763. The highest BCUT2D eigenvalue weighted by Crippen LogP contribution is 2.24. The van der Waals surface area contributed by atoms with E-state index in [0.717, 1.165) is 6.42 Å². The first-order valence-electron chi connectivity index (χ1n) is 9.64. The van der Waals surface area contributed by atoms with Crippen LogP contribution in [-0.2, 0) is 14.8 Å². The molecular formula is C19H28ClN3O3S. The molecule has 150 valence electrons. The van der Waals surface area contributed by atoms with Crippen LogP contribution in [0.2, 0.25) is 5.02 Å². The number of sulfonamides is 1. The summed E-state index contributed by atoms with van der Waals surface area (Å²) in [7, 11) is -3.54. The van der Waals surface area contributed by atoms with Gasteiger partial charge in [0.05, 0.1) is 11.4 Å². The van der Waals surface area contributed by atoms with Crippen molar-refractivity contribution in [2.75, 3.05) is 32.7 Å². The predicted octanol–water partition coefficient (Wildman–Crippen LogP) is 2.34. The molecule has 0 aromatic heterocycles. The van der Waals surface area contributed by atoms with Gasteiger partial charge >= 0.3 is 0 Å². The van der Waals surface area contributed by atoms with Crippen molar-refractivity contribution >= 4 is 27.5 Å². The zero-order valence-electron chi connectivity index (χ0n) is 15.7. The predicted molar refractivity (Wildman–Crippen MR) is 106 cm³/mol. The van der Waals surface area contributed by atoms with Gasteiger partial charge in [0.15, 0.2) is 0 Å². The molecule has 1 aliphatic heterocycles. The van der Waals surface area contributed by atoms with Gasteiger partial charge in [0, 0.05) is 37.2 Å². The molecule has 1 aromatic rings. The van der Waals surface area contributed by atoms with Crippen molar-refractivity contribution in [3.05, 3.63) is 29.3 Å². The van der Waals surface area contributed by atoms with E-state index in [1.807, 2.05) is 4.90 Å². The van der Waals surface area contributed by atoms with E-state index in [4.69, 9.17) is 11.6 Å². The summed E-state index contributed by atoms with van der Waals surface area (Å²) in [6.07, 6.45) is 4.65. The molecule has 2 aliphatic rings. The molecule has 1 aliphatic carbocycles. The third kappa shape index (κ3) is 5.22. The van der Waals surface area contributed by atoms with Gasteiger partial charge in [0.2, 0.25) is 15.9 Å². The van der Waals surface area contributed by atoms with Gasteiger partial charge in [-0.05, 0) is 37.0 Å². The molecule has 0 bridgehead atoms. The Hall–Kier alpha value is -1.15. The number of hydrogen-bond acceptors (Lipinski definition) is 4. The third-order valence-electron chi connectivity index (χ3n) is 5.59. The summed E-state index contributed by atoms with van der Waals surface area (Å²) in [6.45, 7) is 4.38. The smallest absolute Gasteiger partial charge is 0.243 e. The Balaban J connectivity index is 1.50. The minimum Gasteiger partial charge on any atom is -0.352 e. The molecule has 2 atom stereocenters. The summed E-state index contributed by atoms with van der Waals surface area (Å²) in [4.78, 5) is 14.6. The van der Waals surface area contributed by atoms with Crippen LogP contribution in [0.4, 0.5) is 0 Å². The second-order valence-electron chi connectivity index (χ2n) is 7.57. The first-order chi connectivity index (χ1) is 12.9. The van der Waals surface area contributed by atoms with Gasteiger partial charge < -0.3 is 5.32 Å². The number of nitrogens with one attached hydrogen (secondary N) is 1. The number of amides is 1. The Morgan fingerprint density at radius 1 is 1.19 bits per heavy atom. The summed E-state index contributed by atoms with van der Waals surface area (Å²) < 4.78 is 26.9. The lowest BCUT2D eigenvalue weighted by Crippen LogP contribution is -2.52. The van der Waals surface area contributed by atoms with E-state index in [1.54, 1.807) is 18.2 Å². The van der Waals surface area contributed by atoms with Crippen LogP contribution < -0.4 is 5.32 Å². The van der Waals surface area contributed by atoms with Crippen molar-refractivity contribution in [1.29, 1.82) is 0 Å². The highest BCUT2D eigenvalue weighted by atomic mass is 35.5. The summed E-state index contributed by atoms with van der Waals surface area (Å²) in [5.74, 6) is 0.572. The van der Waals surface area contributed by atoms with Crippen molar-refractivity contribution in [2.45, 2.75) is 43.5 Å². The highest BCUT2D eigenvalue weighted by molar-refractivity contribution is 7.89. The number of benzene rings is 1. The fourth-order valence-corrected chi connectivity index (χ4v) is 5.61. The molecule has 3 rings (SSSR count). The van der Waals surface area contributed by atoms with E-state index in [0.29, 0.717) is 43.7 Å². The van der Waals surface area contributed by atoms with Crippen LogP contribution in [0.25, 0.3) is 0 Å². The maximum absolute atomic E-state index is 12.7. The van der Waals surface area contributed by atoms with Crippen molar-refractivity contribution in [2.24, 2.45) is 5.92 Å². The summed E-state index contributed by atoms with van der Waals surface area (Å²) >= 11 is 5.92. The highest BCUT2D eigenvalue weighted by Gasteiger charge is 2.30. The lowest BCUT2D eigenvalue weighted by Gasteiger charge is -2.34. The maximum atomic E-state index is 12.7. The molecule has 6 nitrogen and oxygen atoms in total. The van der Waals surface area contributed by atoms with E-state index in [2.05, 4.69) is 12.2 Å². The van der Waals surface area contributed by atoms with Crippen molar-refractivity contribution in [3.63, 3.8) is 0 Å². The zero-order chi connectivity index (χ0) is 19.4. The van der Waals surface area contributed by atoms with Gasteiger partial charge in [-0.1, -0.05) is 37.4 Å². The Labute approximate surface area is 166 Å². The number of nitrogens with zero attached hydrogens (tertiary/aromatic N) is 2. The Kier molecular flexibility index (Phi) is 6.78. The molecule has 0 spiro atoms. The number of carbonyl (C=O) groups excluding carboxylic acids is 1. The van der Waals surface area contributed by atoms with E-state index in [-0.39, 0.29) is 16.8 Å². The number of halogens is 1. The molecule has 2 fully saturated rings. The van der Waals surface area contributed by atoms with Gasteiger partial charge in [-0.25, -0.2) is 8.42 Å². The van der Waals surface area contributed by atoms with Crippen molar-refractivity contribution in [1.82, 2.24) is 14.5 Å². The molecule has 1 saturated heterocycles. The molecule has 0 unspecified atom stereocenters. The third-order valence-corrected chi connectivity index (χ3v) is 7.72.